The number of aliphatic hydroxyl groups excluding tert-OH is 1. The molecule has 4 heteroatoms. The standard InChI is InChI=1S/C16H17NO3/c18-14(12-7-3-1-4-8-12)11-17-15(16(19)20)13-9-5-2-6-10-13/h1-10,14-15,17-18H,11H2,(H,19,20). The lowest BCUT2D eigenvalue weighted by Gasteiger charge is -2.18. The fourth-order valence-electron chi connectivity index (χ4n) is 2.02. The SMILES string of the molecule is O=C(O)C(NCC(O)c1ccccc1)c1ccccc1. The van der Waals surface area contributed by atoms with Crippen LogP contribution in [0.3, 0.4) is 0 Å². The summed E-state index contributed by atoms with van der Waals surface area (Å²) in [4.78, 5) is 11.3. The van der Waals surface area contributed by atoms with Gasteiger partial charge in [0.25, 0.3) is 0 Å². The van der Waals surface area contributed by atoms with Crippen LogP contribution in [0.4, 0.5) is 0 Å². The summed E-state index contributed by atoms with van der Waals surface area (Å²) in [5.74, 6) is -0.962. The number of carboxylic acid groups (broad SMARTS) is 1. The van der Waals surface area contributed by atoms with Crippen molar-refractivity contribution in [2.24, 2.45) is 0 Å². The monoisotopic (exact) mass is 271 g/mol. The van der Waals surface area contributed by atoms with Gasteiger partial charge in [-0.05, 0) is 11.1 Å². The molecule has 0 fully saturated rings. The number of benzene rings is 2. The van der Waals surface area contributed by atoms with E-state index >= 15 is 0 Å². The van der Waals surface area contributed by atoms with Crippen molar-refractivity contribution in [2.75, 3.05) is 6.54 Å². The average molecular weight is 271 g/mol. The number of carbonyl (C=O) groups is 1. The van der Waals surface area contributed by atoms with Gasteiger partial charge < -0.3 is 10.2 Å². The smallest absolute Gasteiger partial charge is 0.325 e. The van der Waals surface area contributed by atoms with E-state index < -0.39 is 18.1 Å². The van der Waals surface area contributed by atoms with Gasteiger partial charge in [-0.15, -0.1) is 0 Å². The van der Waals surface area contributed by atoms with Crippen LogP contribution in [0.15, 0.2) is 60.7 Å². The Morgan fingerprint density at radius 2 is 1.45 bits per heavy atom. The van der Waals surface area contributed by atoms with Gasteiger partial charge in [0, 0.05) is 6.54 Å². The van der Waals surface area contributed by atoms with Crippen molar-refractivity contribution in [3.05, 3.63) is 71.8 Å². The van der Waals surface area contributed by atoms with Gasteiger partial charge in [-0.25, -0.2) is 0 Å². The van der Waals surface area contributed by atoms with Crippen LogP contribution in [0.2, 0.25) is 0 Å². The molecule has 0 spiro atoms. The van der Waals surface area contributed by atoms with Gasteiger partial charge >= 0.3 is 5.97 Å². The maximum Gasteiger partial charge on any atom is 0.325 e. The van der Waals surface area contributed by atoms with Crippen molar-refractivity contribution < 1.29 is 15.0 Å². The van der Waals surface area contributed by atoms with Crippen LogP contribution in [-0.2, 0) is 4.79 Å². The maximum atomic E-state index is 11.3. The summed E-state index contributed by atoms with van der Waals surface area (Å²) in [5, 5.41) is 22.2. The highest BCUT2D eigenvalue weighted by molar-refractivity contribution is 5.75. The molecule has 0 bridgehead atoms. The molecular formula is C16H17NO3. The number of nitrogens with one attached hydrogen (secondary N) is 1. The van der Waals surface area contributed by atoms with Gasteiger partial charge in [-0.2, -0.15) is 0 Å². The second-order valence-electron chi connectivity index (χ2n) is 4.52. The Morgan fingerprint density at radius 3 is 1.95 bits per heavy atom. The number of aliphatic hydroxyl groups is 1. The number of carboxylic acids is 1. The zero-order valence-corrected chi connectivity index (χ0v) is 10.9. The van der Waals surface area contributed by atoms with E-state index in [4.69, 9.17) is 0 Å². The molecular weight excluding hydrogens is 254 g/mol. The molecule has 0 aliphatic heterocycles. The number of hydrogen-bond donors (Lipinski definition) is 3. The Labute approximate surface area is 117 Å². The summed E-state index contributed by atoms with van der Waals surface area (Å²) in [6.45, 7) is 0.176. The highest BCUT2D eigenvalue weighted by atomic mass is 16.4. The molecule has 2 atom stereocenters. The van der Waals surface area contributed by atoms with Gasteiger partial charge in [-0.1, -0.05) is 60.7 Å². The van der Waals surface area contributed by atoms with Crippen molar-refractivity contribution in [2.45, 2.75) is 12.1 Å². The highest BCUT2D eigenvalue weighted by Gasteiger charge is 2.20. The van der Waals surface area contributed by atoms with Crippen LogP contribution in [0.1, 0.15) is 23.3 Å². The molecule has 2 unspecified atom stereocenters. The average Bonchev–Trinajstić information content (AvgIpc) is 2.49. The van der Waals surface area contributed by atoms with Crippen molar-refractivity contribution >= 4 is 5.97 Å². The van der Waals surface area contributed by atoms with Crippen LogP contribution in [-0.4, -0.2) is 22.7 Å². The Bertz CT molecular complexity index is 542. The summed E-state index contributed by atoms with van der Waals surface area (Å²) in [5.41, 5.74) is 1.43. The molecule has 0 heterocycles. The van der Waals surface area contributed by atoms with E-state index in [-0.39, 0.29) is 6.54 Å². The van der Waals surface area contributed by atoms with Gasteiger partial charge in [0.05, 0.1) is 6.10 Å². The van der Waals surface area contributed by atoms with Crippen LogP contribution in [0.25, 0.3) is 0 Å². The molecule has 0 amide bonds. The first-order chi connectivity index (χ1) is 9.68. The van der Waals surface area contributed by atoms with Crippen molar-refractivity contribution in [3.8, 4) is 0 Å². The number of hydrogen-bond acceptors (Lipinski definition) is 3. The normalized spacial score (nSPS) is 13.7. The molecule has 2 rings (SSSR count). The van der Waals surface area contributed by atoms with Crippen molar-refractivity contribution in [1.29, 1.82) is 0 Å². The van der Waals surface area contributed by atoms with Crippen molar-refractivity contribution in [3.63, 3.8) is 0 Å². The molecule has 0 aliphatic rings. The minimum Gasteiger partial charge on any atom is -0.480 e. The summed E-state index contributed by atoms with van der Waals surface area (Å²) in [6.07, 6.45) is -0.734. The molecule has 2 aromatic carbocycles. The largest absolute Gasteiger partial charge is 0.480 e. The van der Waals surface area contributed by atoms with E-state index in [0.29, 0.717) is 5.56 Å². The molecule has 0 saturated carbocycles. The van der Waals surface area contributed by atoms with Crippen LogP contribution in [0.5, 0.6) is 0 Å². The van der Waals surface area contributed by atoms with E-state index in [1.807, 2.05) is 36.4 Å². The third kappa shape index (κ3) is 3.66. The van der Waals surface area contributed by atoms with Crippen LogP contribution < -0.4 is 5.32 Å². The molecule has 4 nitrogen and oxygen atoms in total. The number of aliphatic carboxylic acids is 1. The van der Waals surface area contributed by atoms with E-state index in [0.717, 1.165) is 5.56 Å². The Hall–Kier alpha value is -2.17. The summed E-state index contributed by atoms with van der Waals surface area (Å²) in [7, 11) is 0. The molecule has 0 aromatic heterocycles. The molecule has 104 valence electrons. The maximum absolute atomic E-state index is 11.3. The lowest BCUT2D eigenvalue weighted by atomic mass is 10.1. The van der Waals surface area contributed by atoms with Gasteiger partial charge in [0.1, 0.15) is 6.04 Å². The first kappa shape index (κ1) is 14.2. The van der Waals surface area contributed by atoms with Crippen LogP contribution >= 0.6 is 0 Å². The van der Waals surface area contributed by atoms with E-state index in [9.17, 15) is 15.0 Å². The Kier molecular flexibility index (Phi) is 4.87. The summed E-state index contributed by atoms with van der Waals surface area (Å²) in [6, 6.07) is 17.3. The second-order valence-corrected chi connectivity index (χ2v) is 4.52. The fraction of sp³-hybridized carbons (Fsp3) is 0.188. The number of rotatable bonds is 6. The Morgan fingerprint density at radius 1 is 0.950 bits per heavy atom. The van der Waals surface area contributed by atoms with Crippen molar-refractivity contribution in [1.82, 2.24) is 5.32 Å². The third-order valence-corrected chi connectivity index (χ3v) is 3.08. The van der Waals surface area contributed by atoms with E-state index in [1.54, 1.807) is 24.3 Å². The third-order valence-electron chi connectivity index (χ3n) is 3.08. The molecule has 0 radical (unpaired) electrons. The minimum absolute atomic E-state index is 0.176. The van der Waals surface area contributed by atoms with E-state index in [2.05, 4.69) is 5.32 Å². The molecule has 3 N–H and O–H groups in total. The zero-order chi connectivity index (χ0) is 14.4. The summed E-state index contributed by atoms with van der Waals surface area (Å²) >= 11 is 0. The molecule has 20 heavy (non-hydrogen) atoms. The van der Waals surface area contributed by atoms with E-state index in [1.165, 1.54) is 0 Å². The van der Waals surface area contributed by atoms with Gasteiger partial charge in [0.2, 0.25) is 0 Å². The van der Waals surface area contributed by atoms with Gasteiger partial charge in [-0.3, -0.25) is 10.1 Å². The quantitative estimate of drug-likeness (QED) is 0.753. The lowest BCUT2D eigenvalue weighted by Crippen LogP contribution is -2.31. The highest BCUT2D eigenvalue weighted by Crippen LogP contribution is 2.16. The first-order valence-electron chi connectivity index (χ1n) is 6.42. The molecule has 0 aliphatic carbocycles. The lowest BCUT2D eigenvalue weighted by molar-refractivity contribution is -0.139. The second kappa shape index (κ2) is 6.84. The molecule has 2 aromatic rings. The minimum atomic E-state index is -0.962. The Balaban J connectivity index is 2.02. The molecule has 0 saturated heterocycles. The predicted molar refractivity (Wildman–Crippen MR) is 76.2 cm³/mol. The fourth-order valence-corrected chi connectivity index (χ4v) is 2.02. The van der Waals surface area contributed by atoms with Crippen LogP contribution in [0, 0.1) is 0 Å². The van der Waals surface area contributed by atoms with Gasteiger partial charge in [0.15, 0.2) is 0 Å². The first-order valence-corrected chi connectivity index (χ1v) is 6.42. The zero-order valence-electron chi connectivity index (χ0n) is 10.9. The summed E-state index contributed by atoms with van der Waals surface area (Å²) < 4.78 is 0. The topological polar surface area (TPSA) is 69.6 Å². The predicted octanol–water partition coefficient (Wildman–Crippen LogP) is 2.14.